The van der Waals surface area contributed by atoms with E-state index < -0.39 is 21.5 Å². The number of sulfone groups is 1. The van der Waals surface area contributed by atoms with Crippen molar-refractivity contribution < 1.29 is 18.0 Å². The second-order valence-corrected chi connectivity index (χ2v) is 7.62. The molecule has 4 N–H and O–H groups in total. The number of carbonyl (C=O) groups is 2. The monoisotopic (exact) mass is 355 g/mol. The molecular weight excluding hydrogens is 330 g/mol. The van der Waals surface area contributed by atoms with Crippen LogP contribution in [0.4, 0.5) is 5.69 Å². The first-order valence-electron chi connectivity index (χ1n) is 7.97. The van der Waals surface area contributed by atoms with Crippen LogP contribution in [0.25, 0.3) is 0 Å². The summed E-state index contributed by atoms with van der Waals surface area (Å²) < 4.78 is 23.8. The summed E-state index contributed by atoms with van der Waals surface area (Å²) in [5.74, 6) is -1.62. The van der Waals surface area contributed by atoms with Gasteiger partial charge in [0, 0.05) is 13.1 Å². The predicted molar refractivity (Wildman–Crippen MR) is 94.6 cm³/mol. The van der Waals surface area contributed by atoms with E-state index in [4.69, 9.17) is 5.73 Å². The molecule has 7 nitrogen and oxygen atoms in total. The predicted octanol–water partition coefficient (Wildman–Crippen LogP) is 0.919. The first kappa shape index (κ1) is 20.1. The van der Waals surface area contributed by atoms with Crippen molar-refractivity contribution in [3.8, 4) is 0 Å². The molecule has 0 heterocycles. The molecule has 1 aromatic carbocycles. The van der Waals surface area contributed by atoms with Crippen molar-refractivity contribution >= 4 is 27.3 Å². The second-order valence-electron chi connectivity index (χ2n) is 5.44. The number of amides is 2. The van der Waals surface area contributed by atoms with E-state index in [9.17, 15) is 18.0 Å². The van der Waals surface area contributed by atoms with Crippen molar-refractivity contribution in [2.24, 2.45) is 5.73 Å². The Bertz CT molecular complexity index is 659. The average molecular weight is 355 g/mol. The van der Waals surface area contributed by atoms with Crippen LogP contribution in [-0.2, 0) is 14.6 Å². The smallest absolute Gasteiger partial charge is 0.253 e. The number of benzene rings is 1. The van der Waals surface area contributed by atoms with E-state index in [1.54, 1.807) is 24.3 Å². The quantitative estimate of drug-likeness (QED) is 0.539. The molecule has 0 saturated heterocycles. The van der Waals surface area contributed by atoms with Gasteiger partial charge in [0.1, 0.15) is 5.75 Å². The van der Waals surface area contributed by atoms with Crippen LogP contribution in [0.15, 0.2) is 24.3 Å². The Morgan fingerprint density at radius 3 is 2.54 bits per heavy atom. The SMILES string of the molecule is CCCCCS(=O)(=O)CC(=O)Nc1ccccc1C(=O)NCCN. The molecule has 1 rings (SSSR count). The van der Waals surface area contributed by atoms with Gasteiger partial charge in [0.25, 0.3) is 5.91 Å². The molecule has 24 heavy (non-hydrogen) atoms. The van der Waals surface area contributed by atoms with E-state index in [2.05, 4.69) is 10.6 Å². The van der Waals surface area contributed by atoms with Gasteiger partial charge < -0.3 is 16.4 Å². The number of unbranched alkanes of at least 4 members (excludes halogenated alkanes) is 2. The Morgan fingerprint density at radius 1 is 1.17 bits per heavy atom. The molecule has 1 aromatic rings. The lowest BCUT2D eigenvalue weighted by atomic mass is 10.1. The van der Waals surface area contributed by atoms with Crippen LogP contribution in [0.2, 0.25) is 0 Å². The molecule has 8 heteroatoms. The highest BCUT2D eigenvalue weighted by Crippen LogP contribution is 2.15. The third-order valence-electron chi connectivity index (χ3n) is 3.29. The van der Waals surface area contributed by atoms with Crippen molar-refractivity contribution in [3.63, 3.8) is 0 Å². The normalized spacial score (nSPS) is 11.1. The number of rotatable bonds is 10. The van der Waals surface area contributed by atoms with Gasteiger partial charge in [-0.05, 0) is 18.6 Å². The second kappa shape index (κ2) is 10.0. The number of para-hydroxylation sites is 1. The fourth-order valence-corrected chi connectivity index (χ4v) is 3.36. The Morgan fingerprint density at radius 2 is 1.88 bits per heavy atom. The maximum atomic E-state index is 12.0. The number of hydrogen-bond acceptors (Lipinski definition) is 5. The molecule has 0 radical (unpaired) electrons. The molecule has 134 valence electrons. The first-order valence-corrected chi connectivity index (χ1v) is 9.79. The number of hydrogen-bond donors (Lipinski definition) is 3. The van der Waals surface area contributed by atoms with Crippen molar-refractivity contribution in [2.45, 2.75) is 26.2 Å². The van der Waals surface area contributed by atoms with Crippen molar-refractivity contribution in [1.82, 2.24) is 5.32 Å². The highest BCUT2D eigenvalue weighted by Gasteiger charge is 2.18. The van der Waals surface area contributed by atoms with Crippen LogP contribution in [0.1, 0.15) is 36.5 Å². The lowest BCUT2D eigenvalue weighted by Crippen LogP contribution is -2.30. The lowest BCUT2D eigenvalue weighted by molar-refractivity contribution is -0.113. The molecule has 0 bridgehead atoms. The molecular formula is C16H25N3O4S. The van der Waals surface area contributed by atoms with Gasteiger partial charge in [0.2, 0.25) is 5.91 Å². The molecule has 0 spiro atoms. The molecule has 0 fully saturated rings. The van der Waals surface area contributed by atoms with Gasteiger partial charge in [-0.1, -0.05) is 31.9 Å². The third-order valence-corrected chi connectivity index (χ3v) is 4.90. The molecule has 0 atom stereocenters. The highest BCUT2D eigenvalue weighted by atomic mass is 32.2. The van der Waals surface area contributed by atoms with Crippen LogP contribution in [-0.4, -0.2) is 44.8 Å². The zero-order valence-corrected chi connectivity index (χ0v) is 14.7. The van der Waals surface area contributed by atoms with E-state index >= 15 is 0 Å². The Hall–Kier alpha value is -1.93. The largest absolute Gasteiger partial charge is 0.351 e. The summed E-state index contributed by atoms with van der Waals surface area (Å²) in [5.41, 5.74) is 5.89. The summed E-state index contributed by atoms with van der Waals surface area (Å²) in [6.07, 6.45) is 2.27. The molecule has 0 aliphatic rings. The minimum atomic E-state index is -3.45. The van der Waals surface area contributed by atoms with E-state index in [1.165, 1.54) is 0 Å². The Balaban J connectivity index is 2.72. The summed E-state index contributed by atoms with van der Waals surface area (Å²) in [7, 11) is -3.45. The molecule has 0 unspecified atom stereocenters. The number of anilines is 1. The van der Waals surface area contributed by atoms with Crippen molar-refractivity contribution in [3.05, 3.63) is 29.8 Å². The van der Waals surface area contributed by atoms with E-state index in [0.29, 0.717) is 19.5 Å². The van der Waals surface area contributed by atoms with E-state index in [-0.39, 0.29) is 22.9 Å². The maximum absolute atomic E-state index is 12.0. The summed E-state index contributed by atoms with van der Waals surface area (Å²) in [4.78, 5) is 24.0. The first-order chi connectivity index (χ1) is 11.4. The summed E-state index contributed by atoms with van der Waals surface area (Å²) in [6.45, 7) is 2.59. The van der Waals surface area contributed by atoms with Crippen LogP contribution >= 0.6 is 0 Å². The van der Waals surface area contributed by atoms with Gasteiger partial charge in [-0.2, -0.15) is 0 Å². The number of nitrogens with one attached hydrogen (secondary N) is 2. The zero-order chi connectivity index (χ0) is 18.0. The number of nitrogens with two attached hydrogens (primary N) is 1. The van der Waals surface area contributed by atoms with Gasteiger partial charge in [-0.3, -0.25) is 9.59 Å². The lowest BCUT2D eigenvalue weighted by Gasteiger charge is -2.11. The van der Waals surface area contributed by atoms with Gasteiger partial charge in [0.15, 0.2) is 9.84 Å². The number of carbonyl (C=O) groups excluding carboxylic acids is 2. The maximum Gasteiger partial charge on any atom is 0.253 e. The third kappa shape index (κ3) is 7.10. The van der Waals surface area contributed by atoms with E-state index in [0.717, 1.165) is 12.8 Å². The van der Waals surface area contributed by atoms with Gasteiger partial charge in [-0.15, -0.1) is 0 Å². The van der Waals surface area contributed by atoms with Crippen LogP contribution in [0.5, 0.6) is 0 Å². The van der Waals surface area contributed by atoms with Gasteiger partial charge in [-0.25, -0.2) is 8.42 Å². The van der Waals surface area contributed by atoms with Gasteiger partial charge >= 0.3 is 0 Å². The van der Waals surface area contributed by atoms with Crippen molar-refractivity contribution in [2.75, 3.05) is 29.9 Å². The summed E-state index contributed by atoms with van der Waals surface area (Å²) >= 11 is 0. The average Bonchev–Trinajstić information content (AvgIpc) is 2.52. The molecule has 2 amide bonds. The minimum absolute atomic E-state index is 0.00705. The highest BCUT2D eigenvalue weighted by molar-refractivity contribution is 7.92. The molecule has 0 saturated carbocycles. The van der Waals surface area contributed by atoms with Crippen LogP contribution < -0.4 is 16.4 Å². The van der Waals surface area contributed by atoms with Crippen molar-refractivity contribution in [1.29, 1.82) is 0 Å². The fourth-order valence-electron chi connectivity index (χ4n) is 2.10. The Labute approximate surface area is 142 Å². The van der Waals surface area contributed by atoms with E-state index in [1.807, 2.05) is 6.92 Å². The molecule has 0 aliphatic heterocycles. The van der Waals surface area contributed by atoms with Crippen LogP contribution in [0, 0.1) is 0 Å². The molecule has 0 aromatic heterocycles. The minimum Gasteiger partial charge on any atom is -0.351 e. The van der Waals surface area contributed by atoms with Crippen LogP contribution in [0.3, 0.4) is 0 Å². The standard InChI is InChI=1S/C16H25N3O4S/c1-2-3-6-11-24(22,23)12-15(20)19-14-8-5-4-7-13(14)16(21)18-10-9-17/h4-5,7-8H,2-3,6,9-12,17H2,1H3,(H,18,21)(H,19,20). The zero-order valence-electron chi connectivity index (χ0n) is 13.9. The Kier molecular flexibility index (Phi) is 8.42. The van der Waals surface area contributed by atoms with Gasteiger partial charge in [0.05, 0.1) is 17.0 Å². The summed E-state index contributed by atoms with van der Waals surface area (Å²) in [6, 6.07) is 6.43. The molecule has 0 aliphatic carbocycles. The summed E-state index contributed by atoms with van der Waals surface area (Å²) in [5, 5.41) is 5.12. The topological polar surface area (TPSA) is 118 Å². The fraction of sp³-hybridized carbons (Fsp3) is 0.500.